The van der Waals surface area contributed by atoms with Crippen LogP contribution in [0.2, 0.25) is 0 Å². The first-order valence-electron chi connectivity index (χ1n) is 6.56. The zero-order valence-corrected chi connectivity index (χ0v) is 11.1. The Bertz CT molecular complexity index is 567. The molecule has 0 fully saturated rings. The Morgan fingerprint density at radius 2 is 1.40 bits per heavy atom. The normalized spacial score (nSPS) is 11.1. The van der Waals surface area contributed by atoms with Gasteiger partial charge in [0.05, 0.1) is 25.6 Å². The molecule has 0 aromatic carbocycles. The summed E-state index contributed by atoms with van der Waals surface area (Å²) >= 11 is 0. The zero-order valence-electron chi connectivity index (χ0n) is 11.1. The van der Waals surface area contributed by atoms with Gasteiger partial charge in [-0.1, -0.05) is 0 Å². The van der Waals surface area contributed by atoms with E-state index in [-0.39, 0.29) is 0 Å². The molecule has 3 aromatic heterocycles. The second-order valence-corrected chi connectivity index (χ2v) is 4.66. The number of rotatable bonds is 6. The molecule has 20 heavy (non-hydrogen) atoms. The molecule has 102 valence electrons. The number of hydrogen-bond acceptors (Lipinski definition) is 4. The molecule has 0 N–H and O–H groups in total. The Morgan fingerprint density at radius 3 is 1.90 bits per heavy atom. The number of aromatic nitrogens is 1. The van der Waals surface area contributed by atoms with Gasteiger partial charge < -0.3 is 8.83 Å². The van der Waals surface area contributed by atoms with Crippen molar-refractivity contribution >= 4 is 0 Å². The fourth-order valence-corrected chi connectivity index (χ4v) is 2.16. The minimum Gasteiger partial charge on any atom is -0.468 e. The van der Waals surface area contributed by atoms with Gasteiger partial charge in [-0.15, -0.1) is 0 Å². The van der Waals surface area contributed by atoms with E-state index >= 15 is 0 Å². The average molecular weight is 268 g/mol. The van der Waals surface area contributed by atoms with Crippen LogP contribution in [0.25, 0.3) is 0 Å². The van der Waals surface area contributed by atoms with E-state index in [9.17, 15) is 0 Å². The van der Waals surface area contributed by atoms with Crippen LogP contribution in [0, 0.1) is 0 Å². The van der Waals surface area contributed by atoms with Gasteiger partial charge in [0.25, 0.3) is 0 Å². The minimum atomic E-state index is 0.746. The van der Waals surface area contributed by atoms with Crippen LogP contribution in [-0.4, -0.2) is 9.88 Å². The first-order chi connectivity index (χ1) is 9.90. The van der Waals surface area contributed by atoms with Crippen molar-refractivity contribution in [2.45, 2.75) is 19.6 Å². The number of hydrogen-bond donors (Lipinski definition) is 0. The smallest absolute Gasteiger partial charge is 0.117 e. The number of furan rings is 2. The second kappa shape index (κ2) is 6.21. The molecular weight excluding hydrogens is 252 g/mol. The number of nitrogens with zero attached hydrogens (tertiary/aromatic N) is 2. The molecule has 3 heterocycles. The quantitative estimate of drug-likeness (QED) is 0.686. The monoisotopic (exact) mass is 268 g/mol. The highest BCUT2D eigenvalue weighted by molar-refractivity contribution is 5.10. The minimum absolute atomic E-state index is 0.746. The molecule has 0 aliphatic rings. The molecule has 0 unspecified atom stereocenters. The molecule has 3 aromatic rings. The van der Waals surface area contributed by atoms with Gasteiger partial charge >= 0.3 is 0 Å². The highest BCUT2D eigenvalue weighted by Gasteiger charge is 2.11. The second-order valence-electron chi connectivity index (χ2n) is 4.66. The third kappa shape index (κ3) is 3.36. The van der Waals surface area contributed by atoms with Crippen molar-refractivity contribution in [2.75, 3.05) is 0 Å². The van der Waals surface area contributed by atoms with Crippen molar-refractivity contribution in [3.63, 3.8) is 0 Å². The van der Waals surface area contributed by atoms with Gasteiger partial charge in [-0.2, -0.15) is 0 Å². The van der Waals surface area contributed by atoms with Gasteiger partial charge in [0, 0.05) is 18.9 Å². The zero-order chi connectivity index (χ0) is 13.6. The molecule has 4 nitrogen and oxygen atoms in total. The van der Waals surface area contributed by atoms with Crippen LogP contribution in [0.4, 0.5) is 0 Å². The van der Waals surface area contributed by atoms with E-state index in [2.05, 4.69) is 9.88 Å². The van der Waals surface area contributed by atoms with E-state index in [1.165, 1.54) is 5.56 Å². The lowest BCUT2D eigenvalue weighted by atomic mass is 10.2. The molecule has 0 spiro atoms. The lowest BCUT2D eigenvalue weighted by molar-refractivity contribution is 0.209. The molecule has 4 heteroatoms. The fourth-order valence-electron chi connectivity index (χ4n) is 2.16. The van der Waals surface area contributed by atoms with E-state index in [4.69, 9.17) is 8.83 Å². The summed E-state index contributed by atoms with van der Waals surface area (Å²) in [5.74, 6) is 1.90. The molecule has 3 rings (SSSR count). The molecule has 0 aliphatic carbocycles. The van der Waals surface area contributed by atoms with Gasteiger partial charge in [-0.25, -0.2) is 0 Å². The van der Waals surface area contributed by atoms with Crippen LogP contribution >= 0.6 is 0 Å². The molecule has 0 saturated carbocycles. The fraction of sp³-hybridized carbons (Fsp3) is 0.188. The van der Waals surface area contributed by atoms with Crippen molar-refractivity contribution in [3.8, 4) is 0 Å². The Kier molecular flexibility index (Phi) is 3.94. The predicted molar refractivity (Wildman–Crippen MR) is 74.6 cm³/mol. The van der Waals surface area contributed by atoms with E-state index in [0.29, 0.717) is 0 Å². The van der Waals surface area contributed by atoms with Crippen molar-refractivity contribution in [3.05, 3.63) is 78.4 Å². The largest absolute Gasteiger partial charge is 0.468 e. The summed E-state index contributed by atoms with van der Waals surface area (Å²) in [5, 5.41) is 0. The van der Waals surface area contributed by atoms with Crippen LogP contribution in [0.15, 0.2) is 70.2 Å². The van der Waals surface area contributed by atoms with Gasteiger partial charge in [-0.3, -0.25) is 9.88 Å². The van der Waals surface area contributed by atoms with E-state index in [0.717, 1.165) is 31.2 Å². The third-order valence-electron chi connectivity index (χ3n) is 3.07. The van der Waals surface area contributed by atoms with Crippen molar-refractivity contribution in [1.82, 2.24) is 9.88 Å². The summed E-state index contributed by atoms with van der Waals surface area (Å²) in [6, 6.07) is 11.8. The maximum atomic E-state index is 5.44. The predicted octanol–water partition coefficient (Wildman–Crippen LogP) is 3.47. The van der Waals surface area contributed by atoms with Crippen molar-refractivity contribution in [2.24, 2.45) is 0 Å². The van der Waals surface area contributed by atoms with E-state index in [1.807, 2.05) is 48.8 Å². The summed E-state index contributed by atoms with van der Waals surface area (Å²) in [6.45, 7) is 2.32. The summed E-state index contributed by atoms with van der Waals surface area (Å²) < 4.78 is 10.9. The Morgan fingerprint density at radius 1 is 0.800 bits per heavy atom. The lowest BCUT2D eigenvalue weighted by Gasteiger charge is -2.20. The van der Waals surface area contributed by atoms with Gasteiger partial charge in [0.1, 0.15) is 11.5 Å². The van der Waals surface area contributed by atoms with Crippen LogP contribution < -0.4 is 0 Å². The standard InChI is InChI=1S/C16H16N2O2/c1-3-15(19-9-1)12-18(13-16-4-2-10-20-16)11-14-5-7-17-8-6-14/h1-10H,11-13H2. The van der Waals surface area contributed by atoms with Gasteiger partial charge in [0.15, 0.2) is 0 Å². The molecule has 0 bridgehead atoms. The molecule has 0 amide bonds. The summed E-state index contributed by atoms with van der Waals surface area (Å²) in [7, 11) is 0. The van der Waals surface area contributed by atoms with E-state index < -0.39 is 0 Å². The van der Waals surface area contributed by atoms with E-state index in [1.54, 1.807) is 12.5 Å². The molecular formula is C16H16N2O2. The van der Waals surface area contributed by atoms with Crippen LogP contribution in [0.1, 0.15) is 17.1 Å². The van der Waals surface area contributed by atoms with Gasteiger partial charge in [0.2, 0.25) is 0 Å². The molecule has 0 atom stereocenters. The van der Waals surface area contributed by atoms with Crippen LogP contribution in [0.3, 0.4) is 0 Å². The van der Waals surface area contributed by atoms with Crippen LogP contribution in [0.5, 0.6) is 0 Å². The lowest BCUT2D eigenvalue weighted by Crippen LogP contribution is -2.21. The highest BCUT2D eigenvalue weighted by atomic mass is 16.3. The maximum Gasteiger partial charge on any atom is 0.117 e. The average Bonchev–Trinajstić information content (AvgIpc) is 3.13. The molecule has 0 saturated heterocycles. The Labute approximate surface area is 117 Å². The Balaban J connectivity index is 1.72. The molecule has 0 aliphatic heterocycles. The highest BCUT2D eigenvalue weighted by Crippen LogP contribution is 2.14. The van der Waals surface area contributed by atoms with Crippen molar-refractivity contribution < 1.29 is 8.83 Å². The van der Waals surface area contributed by atoms with Gasteiger partial charge in [-0.05, 0) is 42.0 Å². The third-order valence-corrected chi connectivity index (χ3v) is 3.07. The Hall–Kier alpha value is -2.33. The first kappa shape index (κ1) is 12.7. The summed E-state index contributed by atoms with van der Waals surface area (Å²) in [5.41, 5.74) is 1.22. The SMILES string of the molecule is c1coc(CN(Cc2ccncc2)Cc2ccco2)c1. The maximum absolute atomic E-state index is 5.44. The topological polar surface area (TPSA) is 42.4 Å². The summed E-state index contributed by atoms with van der Waals surface area (Å²) in [4.78, 5) is 6.32. The van der Waals surface area contributed by atoms with Crippen molar-refractivity contribution in [1.29, 1.82) is 0 Å². The summed E-state index contributed by atoms with van der Waals surface area (Å²) in [6.07, 6.45) is 7.03. The molecule has 0 radical (unpaired) electrons. The number of pyridine rings is 1. The first-order valence-corrected chi connectivity index (χ1v) is 6.56. The van der Waals surface area contributed by atoms with Crippen LogP contribution in [-0.2, 0) is 19.6 Å².